The molecule has 0 saturated heterocycles. The fourth-order valence-corrected chi connectivity index (χ4v) is 4.23. The molecule has 0 spiro atoms. The molecule has 1 unspecified atom stereocenters. The number of nitrogens with one attached hydrogen (secondary N) is 1. The Hall–Kier alpha value is -3.11. The van der Waals surface area contributed by atoms with Crippen LogP contribution in [0.1, 0.15) is 63.9 Å². The van der Waals surface area contributed by atoms with Crippen LogP contribution in [0.15, 0.2) is 36.3 Å². The molecule has 3 rings (SSSR count). The van der Waals surface area contributed by atoms with Crippen molar-refractivity contribution in [3.05, 3.63) is 47.8 Å². The van der Waals surface area contributed by atoms with E-state index in [9.17, 15) is 19.4 Å². The first-order valence-corrected chi connectivity index (χ1v) is 11.7. The number of carbonyl (C=O) groups is 1. The second kappa shape index (κ2) is 11.1. The molecular formula is C25H34FN5O4. The first kappa shape index (κ1) is 26.5. The molecule has 4 N–H and O–H groups in total. The lowest BCUT2D eigenvalue weighted by Crippen LogP contribution is -2.25. The van der Waals surface area contributed by atoms with Gasteiger partial charge in [-0.05, 0) is 37.5 Å². The van der Waals surface area contributed by atoms with Crippen molar-refractivity contribution in [3.8, 4) is 11.4 Å². The van der Waals surface area contributed by atoms with Gasteiger partial charge in [0.15, 0.2) is 0 Å². The Morgan fingerprint density at radius 1 is 1.29 bits per heavy atom. The van der Waals surface area contributed by atoms with Gasteiger partial charge in [0.25, 0.3) is 0 Å². The molecule has 2 aromatic rings. The minimum Gasteiger partial charge on any atom is -0.481 e. The Morgan fingerprint density at radius 3 is 2.63 bits per heavy atom. The highest BCUT2D eigenvalue weighted by molar-refractivity contribution is 5.67. The van der Waals surface area contributed by atoms with Crippen LogP contribution in [-0.4, -0.2) is 60.1 Å². The van der Waals surface area contributed by atoms with Crippen molar-refractivity contribution in [2.24, 2.45) is 0 Å². The van der Waals surface area contributed by atoms with Crippen LogP contribution in [0.5, 0.6) is 0 Å². The Labute approximate surface area is 204 Å². The fourth-order valence-electron chi connectivity index (χ4n) is 4.23. The predicted molar refractivity (Wildman–Crippen MR) is 131 cm³/mol. The number of aliphatic hydroxyl groups excluding tert-OH is 2. The maximum atomic E-state index is 13.8. The lowest BCUT2D eigenvalue weighted by Gasteiger charge is -2.25. The largest absolute Gasteiger partial charge is 0.481 e. The summed E-state index contributed by atoms with van der Waals surface area (Å²) in [4.78, 5) is 24.6. The minimum absolute atomic E-state index is 0.0389. The smallest absolute Gasteiger partial charge is 0.305 e. The summed E-state index contributed by atoms with van der Waals surface area (Å²) in [5, 5.41) is 32.3. The molecule has 0 bridgehead atoms. The van der Waals surface area contributed by atoms with Gasteiger partial charge in [-0.25, -0.2) is 19.3 Å². The van der Waals surface area contributed by atoms with Gasteiger partial charge in [0.05, 0.1) is 30.0 Å². The molecule has 2 heterocycles. The van der Waals surface area contributed by atoms with E-state index in [4.69, 9.17) is 10.1 Å². The SMILES string of the molecule is CNc1nccc(-c2nc(C(C)(C)C)n(CC[C@@H](O)C[C@@H](O)CC(=O)O)c2C2C=CC(F)=CC2)n1. The van der Waals surface area contributed by atoms with E-state index in [1.807, 2.05) is 26.8 Å². The number of aliphatic carboxylic acids is 1. The van der Waals surface area contributed by atoms with Gasteiger partial charge in [0.1, 0.15) is 17.3 Å². The van der Waals surface area contributed by atoms with Crippen LogP contribution in [0.25, 0.3) is 11.4 Å². The second-order valence-electron chi connectivity index (χ2n) is 9.81. The minimum atomic E-state index is -1.13. The number of imidazole rings is 1. The van der Waals surface area contributed by atoms with Crippen molar-refractivity contribution in [1.82, 2.24) is 19.5 Å². The van der Waals surface area contributed by atoms with Gasteiger partial charge in [0.2, 0.25) is 5.95 Å². The van der Waals surface area contributed by atoms with Gasteiger partial charge >= 0.3 is 5.97 Å². The van der Waals surface area contributed by atoms with Gasteiger partial charge in [0, 0.05) is 31.1 Å². The Balaban J connectivity index is 2.03. The number of allylic oxidation sites excluding steroid dienone is 4. The molecule has 0 aliphatic heterocycles. The number of hydrogen-bond donors (Lipinski definition) is 4. The average Bonchev–Trinajstić information content (AvgIpc) is 3.17. The Bertz CT molecular complexity index is 1110. The number of halogens is 1. The number of anilines is 1. The molecule has 9 nitrogen and oxygen atoms in total. The van der Waals surface area contributed by atoms with Crippen molar-refractivity contribution >= 4 is 11.9 Å². The molecule has 0 radical (unpaired) electrons. The van der Waals surface area contributed by atoms with Gasteiger partial charge in [-0.15, -0.1) is 0 Å². The van der Waals surface area contributed by atoms with Crippen molar-refractivity contribution < 1.29 is 24.5 Å². The standard InChI is InChI=1S/C25H34FN5O4/c1-25(2,3)23-30-21(19-9-11-28-24(27-4)29-19)22(15-5-7-16(26)8-6-15)31(23)12-10-17(32)13-18(33)14-20(34)35/h5,7-9,11,15,17-18,32-33H,6,10,12-14H2,1-4H3,(H,34,35)(H,27,28,29)/t15?,17-,18-/m1/s1. The van der Waals surface area contributed by atoms with E-state index in [-0.39, 0.29) is 30.0 Å². The van der Waals surface area contributed by atoms with Crippen LogP contribution in [0, 0.1) is 0 Å². The summed E-state index contributed by atoms with van der Waals surface area (Å²) in [6.45, 7) is 6.52. The summed E-state index contributed by atoms with van der Waals surface area (Å²) < 4.78 is 15.8. The van der Waals surface area contributed by atoms with Gasteiger partial charge < -0.3 is 25.2 Å². The highest BCUT2D eigenvalue weighted by Gasteiger charge is 2.31. The van der Waals surface area contributed by atoms with E-state index in [1.54, 1.807) is 25.4 Å². The van der Waals surface area contributed by atoms with Gasteiger partial charge in [-0.2, -0.15) is 0 Å². The van der Waals surface area contributed by atoms with Crippen molar-refractivity contribution in [3.63, 3.8) is 0 Å². The van der Waals surface area contributed by atoms with Crippen LogP contribution >= 0.6 is 0 Å². The molecule has 0 fully saturated rings. The van der Waals surface area contributed by atoms with Crippen LogP contribution in [0.2, 0.25) is 0 Å². The van der Waals surface area contributed by atoms with Crippen LogP contribution in [-0.2, 0) is 16.8 Å². The molecule has 35 heavy (non-hydrogen) atoms. The molecule has 0 saturated carbocycles. The van der Waals surface area contributed by atoms with E-state index in [1.165, 1.54) is 6.08 Å². The normalized spacial score (nSPS) is 17.7. The molecule has 10 heteroatoms. The highest BCUT2D eigenvalue weighted by atomic mass is 19.1. The van der Waals surface area contributed by atoms with Crippen molar-refractivity contribution in [1.29, 1.82) is 0 Å². The molecule has 1 aliphatic rings. The molecule has 190 valence electrons. The van der Waals surface area contributed by atoms with E-state index in [0.717, 1.165) is 11.5 Å². The van der Waals surface area contributed by atoms with E-state index < -0.39 is 24.6 Å². The summed E-state index contributed by atoms with van der Waals surface area (Å²) in [6.07, 6.45) is 4.70. The number of hydrogen-bond acceptors (Lipinski definition) is 7. The lowest BCUT2D eigenvalue weighted by atomic mass is 9.93. The molecular weight excluding hydrogens is 453 g/mol. The van der Waals surface area contributed by atoms with Gasteiger partial charge in [-0.1, -0.05) is 26.8 Å². The number of carboxylic acids is 1. The Morgan fingerprint density at radius 2 is 2.03 bits per heavy atom. The van der Waals surface area contributed by atoms with Crippen LogP contribution in [0.3, 0.4) is 0 Å². The monoisotopic (exact) mass is 487 g/mol. The summed E-state index contributed by atoms with van der Waals surface area (Å²) in [5.74, 6) is -0.318. The topological polar surface area (TPSA) is 133 Å². The highest BCUT2D eigenvalue weighted by Crippen LogP contribution is 2.38. The number of carboxylic acid groups (broad SMARTS) is 1. The first-order chi connectivity index (χ1) is 16.5. The van der Waals surface area contributed by atoms with E-state index in [2.05, 4.69) is 19.9 Å². The summed E-state index contributed by atoms with van der Waals surface area (Å²) in [6, 6.07) is 1.78. The van der Waals surface area contributed by atoms with E-state index in [0.29, 0.717) is 30.3 Å². The molecule has 1 aliphatic carbocycles. The quantitative estimate of drug-likeness (QED) is 0.400. The fraction of sp³-hybridized carbons (Fsp3) is 0.520. The molecule has 3 atom stereocenters. The zero-order chi connectivity index (χ0) is 25.8. The zero-order valence-corrected chi connectivity index (χ0v) is 20.6. The van der Waals surface area contributed by atoms with Crippen molar-refractivity contribution in [2.75, 3.05) is 12.4 Å². The number of aromatic nitrogens is 4. The molecule has 0 amide bonds. The first-order valence-electron chi connectivity index (χ1n) is 11.7. The summed E-state index contributed by atoms with van der Waals surface area (Å²) in [7, 11) is 1.73. The van der Waals surface area contributed by atoms with Crippen LogP contribution in [0.4, 0.5) is 10.3 Å². The molecule has 0 aromatic carbocycles. The molecule has 2 aromatic heterocycles. The maximum Gasteiger partial charge on any atom is 0.305 e. The van der Waals surface area contributed by atoms with E-state index >= 15 is 0 Å². The second-order valence-corrected chi connectivity index (χ2v) is 9.81. The Kier molecular flexibility index (Phi) is 8.39. The lowest BCUT2D eigenvalue weighted by molar-refractivity contribution is -0.139. The third-order valence-corrected chi connectivity index (χ3v) is 5.85. The number of rotatable bonds is 10. The zero-order valence-electron chi connectivity index (χ0n) is 20.6. The third kappa shape index (κ3) is 6.73. The average molecular weight is 488 g/mol. The van der Waals surface area contributed by atoms with Crippen molar-refractivity contribution in [2.45, 2.75) is 76.5 Å². The summed E-state index contributed by atoms with van der Waals surface area (Å²) >= 11 is 0. The number of aliphatic hydroxyl groups is 2. The third-order valence-electron chi connectivity index (χ3n) is 5.85. The number of nitrogens with zero attached hydrogens (tertiary/aromatic N) is 4. The maximum absolute atomic E-state index is 13.8. The van der Waals surface area contributed by atoms with Crippen LogP contribution < -0.4 is 5.32 Å². The summed E-state index contributed by atoms with van der Waals surface area (Å²) in [5.41, 5.74) is 1.80. The van der Waals surface area contributed by atoms with Gasteiger partial charge in [-0.3, -0.25) is 4.79 Å². The predicted octanol–water partition coefficient (Wildman–Crippen LogP) is 3.55.